The van der Waals surface area contributed by atoms with E-state index in [-0.39, 0.29) is 5.54 Å². The highest BCUT2D eigenvalue weighted by atomic mass is 16.5. The number of hydrogen-bond acceptors (Lipinski definition) is 3. The standard InChI is InChI=1S/C15H23N2O2/c1-15(2,3)17(18)12-13-6-4-5-7-14(13)16-8-10-19-11-9-16/h4-7,12,18H,8-11H2,1-3H3/q+1. The first-order valence-corrected chi connectivity index (χ1v) is 6.73. The molecule has 1 heterocycles. The molecule has 2 rings (SSSR count). The van der Waals surface area contributed by atoms with Crippen molar-refractivity contribution in [2.24, 2.45) is 0 Å². The molecule has 0 unspecified atom stereocenters. The normalized spacial score (nSPS) is 17.6. The van der Waals surface area contributed by atoms with E-state index in [1.54, 1.807) is 6.21 Å². The van der Waals surface area contributed by atoms with Crippen LogP contribution < -0.4 is 4.90 Å². The topological polar surface area (TPSA) is 35.7 Å². The second-order valence-electron chi connectivity index (χ2n) is 5.80. The lowest BCUT2D eigenvalue weighted by atomic mass is 10.1. The van der Waals surface area contributed by atoms with Crippen molar-refractivity contribution < 1.29 is 14.7 Å². The number of ether oxygens (including phenoxy) is 1. The van der Waals surface area contributed by atoms with Crippen LogP contribution in [-0.4, -0.2) is 48.0 Å². The summed E-state index contributed by atoms with van der Waals surface area (Å²) >= 11 is 0. The maximum atomic E-state index is 10.1. The summed E-state index contributed by atoms with van der Waals surface area (Å²) in [6.07, 6.45) is 1.80. The molecule has 1 aliphatic heterocycles. The monoisotopic (exact) mass is 263 g/mol. The number of morpholine rings is 1. The maximum Gasteiger partial charge on any atom is 0.225 e. The summed E-state index contributed by atoms with van der Waals surface area (Å²) in [6, 6.07) is 8.14. The van der Waals surface area contributed by atoms with Gasteiger partial charge >= 0.3 is 0 Å². The Morgan fingerprint density at radius 1 is 1.21 bits per heavy atom. The van der Waals surface area contributed by atoms with Crippen molar-refractivity contribution in [3.63, 3.8) is 0 Å². The molecular formula is C15H23N2O2+. The highest BCUT2D eigenvalue weighted by Crippen LogP contribution is 2.20. The predicted molar refractivity (Wildman–Crippen MR) is 76.4 cm³/mol. The van der Waals surface area contributed by atoms with Gasteiger partial charge in [-0.1, -0.05) is 12.1 Å². The molecule has 0 radical (unpaired) electrons. The van der Waals surface area contributed by atoms with Crippen LogP contribution in [0.2, 0.25) is 0 Å². The zero-order valence-electron chi connectivity index (χ0n) is 12.0. The van der Waals surface area contributed by atoms with Crippen molar-refractivity contribution in [2.45, 2.75) is 26.3 Å². The summed E-state index contributed by atoms with van der Waals surface area (Å²) in [7, 11) is 0. The van der Waals surface area contributed by atoms with Crippen LogP contribution in [0.1, 0.15) is 26.3 Å². The molecule has 0 aromatic heterocycles. The zero-order chi connectivity index (χ0) is 13.9. The van der Waals surface area contributed by atoms with Gasteiger partial charge in [-0.25, -0.2) is 0 Å². The Labute approximate surface area is 114 Å². The number of benzene rings is 1. The van der Waals surface area contributed by atoms with Crippen LogP contribution in [0.5, 0.6) is 0 Å². The van der Waals surface area contributed by atoms with Gasteiger partial charge in [0, 0.05) is 33.9 Å². The number of nitrogens with zero attached hydrogens (tertiary/aromatic N) is 2. The van der Waals surface area contributed by atoms with Gasteiger partial charge in [0.05, 0.1) is 24.5 Å². The minimum absolute atomic E-state index is 0.307. The molecule has 0 saturated carbocycles. The number of hydrogen-bond donors (Lipinski definition) is 1. The predicted octanol–water partition coefficient (Wildman–Crippen LogP) is 2.14. The average Bonchev–Trinajstić information content (AvgIpc) is 2.39. The summed E-state index contributed by atoms with van der Waals surface area (Å²) in [5, 5.41) is 10.1. The Balaban J connectivity index is 2.30. The first kappa shape index (κ1) is 13.9. The Hall–Kier alpha value is -1.55. The molecule has 19 heavy (non-hydrogen) atoms. The lowest BCUT2D eigenvalue weighted by Crippen LogP contribution is -2.37. The number of anilines is 1. The summed E-state index contributed by atoms with van der Waals surface area (Å²) in [5.41, 5.74) is 1.87. The van der Waals surface area contributed by atoms with Gasteiger partial charge in [0.1, 0.15) is 0 Å². The molecule has 1 N–H and O–H groups in total. The molecule has 0 aliphatic carbocycles. The highest BCUT2D eigenvalue weighted by Gasteiger charge is 2.25. The van der Waals surface area contributed by atoms with Gasteiger partial charge in [-0.05, 0) is 16.9 Å². The SMILES string of the molecule is CC(C)(C)/[N+](O)=C/c1ccccc1N1CCOCC1. The molecule has 1 aromatic rings. The fraction of sp³-hybridized carbons (Fsp3) is 0.533. The zero-order valence-corrected chi connectivity index (χ0v) is 12.0. The summed E-state index contributed by atoms with van der Waals surface area (Å²) in [4.78, 5) is 2.30. The number of rotatable bonds is 2. The van der Waals surface area contributed by atoms with Gasteiger partial charge in [0.15, 0.2) is 0 Å². The first-order chi connectivity index (χ1) is 8.98. The molecule has 0 amide bonds. The third-order valence-electron chi connectivity index (χ3n) is 3.24. The van der Waals surface area contributed by atoms with Gasteiger partial charge in [0.2, 0.25) is 11.8 Å². The van der Waals surface area contributed by atoms with E-state index in [2.05, 4.69) is 11.0 Å². The van der Waals surface area contributed by atoms with Crippen molar-refractivity contribution in [2.75, 3.05) is 31.2 Å². The van der Waals surface area contributed by atoms with Crippen LogP contribution in [-0.2, 0) is 4.74 Å². The van der Waals surface area contributed by atoms with Crippen LogP contribution in [0, 0.1) is 0 Å². The average molecular weight is 263 g/mol. The largest absolute Gasteiger partial charge is 0.378 e. The second-order valence-corrected chi connectivity index (χ2v) is 5.80. The molecule has 0 atom stereocenters. The number of para-hydroxylation sites is 1. The van der Waals surface area contributed by atoms with Crippen LogP contribution in [0.3, 0.4) is 0 Å². The third kappa shape index (κ3) is 3.47. The first-order valence-electron chi connectivity index (χ1n) is 6.73. The lowest BCUT2D eigenvalue weighted by Gasteiger charge is -2.29. The maximum absolute atomic E-state index is 10.1. The van der Waals surface area contributed by atoms with E-state index in [0.29, 0.717) is 0 Å². The molecular weight excluding hydrogens is 240 g/mol. The van der Waals surface area contributed by atoms with Crippen LogP contribution in [0.4, 0.5) is 5.69 Å². The molecule has 1 aromatic carbocycles. The molecule has 104 valence electrons. The van der Waals surface area contributed by atoms with E-state index >= 15 is 0 Å². The fourth-order valence-electron chi connectivity index (χ4n) is 2.01. The van der Waals surface area contributed by atoms with Gasteiger partial charge in [-0.2, -0.15) is 0 Å². The van der Waals surface area contributed by atoms with E-state index in [9.17, 15) is 5.21 Å². The van der Waals surface area contributed by atoms with Crippen LogP contribution in [0.25, 0.3) is 0 Å². The molecule has 1 fully saturated rings. The van der Waals surface area contributed by atoms with Crippen molar-refractivity contribution in [1.82, 2.24) is 0 Å². The van der Waals surface area contributed by atoms with E-state index in [0.717, 1.165) is 37.6 Å². The minimum atomic E-state index is -0.307. The quantitative estimate of drug-likeness (QED) is 0.384. The molecule has 4 heteroatoms. The molecule has 4 nitrogen and oxygen atoms in total. The van der Waals surface area contributed by atoms with Crippen LogP contribution >= 0.6 is 0 Å². The Morgan fingerprint density at radius 3 is 2.47 bits per heavy atom. The Kier molecular flexibility index (Phi) is 4.10. The summed E-state index contributed by atoms with van der Waals surface area (Å²) < 4.78 is 6.65. The van der Waals surface area contributed by atoms with Crippen molar-refractivity contribution in [1.29, 1.82) is 0 Å². The highest BCUT2D eigenvalue weighted by molar-refractivity contribution is 5.85. The Morgan fingerprint density at radius 2 is 1.84 bits per heavy atom. The summed E-state index contributed by atoms with van der Waals surface area (Å²) in [5.74, 6) is 0. The molecule has 0 bridgehead atoms. The Bertz CT molecular complexity index is 457. The van der Waals surface area contributed by atoms with E-state index in [1.165, 1.54) is 4.74 Å². The van der Waals surface area contributed by atoms with Gasteiger partial charge in [-0.15, -0.1) is 0 Å². The fourth-order valence-corrected chi connectivity index (χ4v) is 2.01. The van der Waals surface area contributed by atoms with Crippen molar-refractivity contribution >= 4 is 11.9 Å². The van der Waals surface area contributed by atoms with Crippen LogP contribution in [0.15, 0.2) is 24.3 Å². The molecule has 1 aliphatic rings. The van der Waals surface area contributed by atoms with Crippen molar-refractivity contribution in [3.8, 4) is 0 Å². The van der Waals surface area contributed by atoms with Crippen molar-refractivity contribution in [3.05, 3.63) is 29.8 Å². The molecule has 0 spiro atoms. The third-order valence-corrected chi connectivity index (χ3v) is 3.24. The van der Waals surface area contributed by atoms with Gasteiger partial charge in [0.25, 0.3) is 0 Å². The lowest BCUT2D eigenvalue weighted by molar-refractivity contribution is -0.816. The smallest absolute Gasteiger partial charge is 0.225 e. The second kappa shape index (κ2) is 5.61. The minimum Gasteiger partial charge on any atom is -0.378 e. The summed E-state index contributed by atoms with van der Waals surface area (Å²) in [6.45, 7) is 9.23. The van der Waals surface area contributed by atoms with Gasteiger partial charge in [-0.3, -0.25) is 5.21 Å². The molecule has 1 saturated heterocycles. The van der Waals surface area contributed by atoms with E-state index < -0.39 is 0 Å². The van der Waals surface area contributed by atoms with Gasteiger partial charge < -0.3 is 9.64 Å². The van der Waals surface area contributed by atoms with E-state index in [1.807, 2.05) is 39.0 Å². The number of hydroxylamine groups is 1. The van der Waals surface area contributed by atoms with E-state index in [4.69, 9.17) is 4.74 Å².